The summed E-state index contributed by atoms with van der Waals surface area (Å²) in [7, 11) is 0. The number of hydrogen-bond acceptors (Lipinski definition) is 7. The molecule has 3 rings (SSSR count). The predicted molar refractivity (Wildman–Crippen MR) is 89.6 cm³/mol. The molecule has 3 aromatic rings. The second-order valence-corrected chi connectivity index (χ2v) is 5.69. The number of nitrogens with two attached hydrogens (primary N) is 1. The second kappa shape index (κ2) is 6.94. The highest BCUT2D eigenvalue weighted by Gasteiger charge is 2.32. The minimum absolute atomic E-state index is 0.000626. The number of nitrogens with one attached hydrogen (secondary N) is 1. The van der Waals surface area contributed by atoms with E-state index in [1.807, 2.05) is 0 Å². The Balaban J connectivity index is 1.95. The maximum atomic E-state index is 13.5. The summed E-state index contributed by atoms with van der Waals surface area (Å²) in [6.07, 6.45) is -3.66. The van der Waals surface area contributed by atoms with Crippen LogP contribution in [0.5, 0.6) is 0 Å². The zero-order valence-electron chi connectivity index (χ0n) is 14.2. The van der Waals surface area contributed by atoms with Gasteiger partial charge in [-0.2, -0.15) is 36.9 Å². The molecule has 0 atom stereocenters. The highest BCUT2D eigenvalue weighted by molar-refractivity contribution is 5.58. The highest BCUT2D eigenvalue weighted by Crippen LogP contribution is 2.30. The van der Waals surface area contributed by atoms with Gasteiger partial charge in [0.05, 0.1) is 0 Å². The predicted octanol–water partition coefficient (Wildman–Crippen LogP) is 3.78. The van der Waals surface area contributed by atoms with Gasteiger partial charge in [0.2, 0.25) is 11.9 Å². The zero-order valence-corrected chi connectivity index (χ0v) is 14.2. The van der Waals surface area contributed by atoms with Gasteiger partial charge in [0.15, 0.2) is 5.82 Å². The van der Waals surface area contributed by atoms with Gasteiger partial charge in [-0.25, -0.2) is 4.98 Å². The molecule has 0 bridgehead atoms. The summed E-state index contributed by atoms with van der Waals surface area (Å²) in [6, 6.07) is 5.91. The normalized spacial score (nSPS) is 12.1. The Kier molecular flexibility index (Phi) is 4.79. The average molecular weight is 397 g/mol. The van der Waals surface area contributed by atoms with Crippen LogP contribution in [0.2, 0.25) is 0 Å². The summed E-state index contributed by atoms with van der Waals surface area (Å²) in [5.74, 6) is -3.75. The van der Waals surface area contributed by atoms with Crippen molar-refractivity contribution in [1.29, 1.82) is 0 Å². The van der Waals surface area contributed by atoms with Crippen molar-refractivity contribution >= 4 is 17.6 Å². The van der Waals surface area contributed by atoms with E-state index in [-0.39, 0.29) is 29.1 Å². The lowest BCUT2D eigenvalue weighted by Gasteiger charge is -2.11. The number of pyridine rings is 2. The number of alkyl halides is 5. The number of halogens is 5. The average Bonchev–Trinajstić information content (AvgIpc) is 2.60. The van der Waals surface area contributed by atoms with Gasteiger partial charge in [0, 0.05) is 18.8 Å². The fourth-order valence-corrected chi connectivity index (χ4v) is 2.16. The van der Waals surface area contributed by atoms with Gasteiger partial charge in [0.25, 0.3) is 5.92 Å². The third-order valence-electron chi connectivity index (χ3n) is 3.39. The van der Waals surface area contributed by atoms with E-state index in [4.69, 9.17) is 5.73 Å². The lowest BCUT2D eigenvalue weighted by molar-refractivity contribution is -0.141. The third-order valence-corrected chi connectivity index (χ3v) is 3.39. The van der Waals surface area contributed by atoms with Crippen LogP contribution in [-0.2, 0) is 12.1 Å². The Hall–Kier alpha value is -3.44. The van der Waals surface area contributed by atoms with Crippen LogP contribution in [0.1, 0.15) is 18.3 Å². The monoisotopic (exact) mass is 397 g/mol. The van der Waals surface area contributed by atoms with E-state index in [1.54, 1.807) is 0 Å². The minimum atomic E-state index is -4.63. The molecule has 28 heavy (non-hydrogen) atoms. The molecule has 0 radical (unpaired) electrons. The molecule has 3 N–H and O–H groups in total. The summed E-state index contributed by atoms with van der Waals surface area (Å²) in [4.78, 5) is 18.7. The summed E-state index contributed by atoms with van der Waals surface area (Å²) in [6.45, 7) is 0.690. The number of aromatic nitrogens is 5. The Morgan fingerprint density at radius 1 is 0.929 bits per heavy atom. The number of nitrogens with zero attached hydrogens (tertiary/aromatic N) is 5. The SMILES string of the molecule is CC(F)(F)c1cccc(-c2nc(N)nc(Nc3ccnc(C(F)(F)F)c3)n2)n1. The third kappa shape index (κ3) is 4.45. The van der Waals surface area contributed by atoms with Crippen molar-refractivity contribution in [3.63, 3.8) is 0 Å². The van der Waals surface area contributed by atoms with Crippen LogP contribution in [0.3, 0.4) is 0 Å². The van der Waals surface area contributed by atoms with Crippen LogP contribution in [0.15, 0.2) is 36.5 Å². The van der Waals surface area contributed by atoms with E-state index in [2.05, 4.69) is 30.2 Å². The quantitative estimate of drug-likeness (QED) is 0.646. The molecule has 7 nitrogen and oxygen atoms in total. The number of hydrogen-bond donors (Lipinski definition) is 2. The van der Waals surface area contributed by atoms with Gasteiger partial charge in [-0.05, 0) is 24.3 Å². The van der Waals surface area contributed by atoms with Crippen molar-refractivity contribution in [2.45, 2.75) is 19.0 Å². The largest absolute Gasteiger partial charge is 0.433 e. The summed E-state index contributed by atoms with van der Waals surface area (Å²) >= 11 is 0. The lowest BCUT2D eigenvalue weighted by Crippen LogP contribution is -2.11. The molecule has 0 saturated carbocycles. The molecule has 3 heterocycles. The Labute approximate surface area is 154 Å². The molecule has 0 unspecified atom stereocenters. The maximum Gasteiger partial charge on any atom is 0.433 e. The van der Waals surface area contributed by atoms with Crippen LogP contribution in [0.25, 0.3) is 11.5 Å². The van der Waals surface area contributed by atoms with Gasteiger partial charge in [-0.3, -0.25) is 4.98 Å². The van der Waals surface area contributed by atoms with E-state index in [0.29, 0.717) is 6.92 Å². The van der Waals surface area contributed by atoms with Gasteiger partial charge in [-0.15, -0.1) is 0 Å². The summed E-state index contributed by atoms with van der Waals surface area (Å²) in [5, 5.41) is 2.55. The standard InChI is InChI=1S/C16H12F5N7/c1-15(17,18)10-4-2-3-9(25-10)12-26-13(22)28-14(27-12)24-8-5-6-23-11(7-8)16(19,20)21/h2-7H,1H3,(H3,22,23,24,26,27,28). The van der Waals surface area contributed by atoms with Crippen molar-refractivity contribution in [1.82, 2.24) is 24.9 Å². The Morgan fingerprint density at radius 2 is 1.68 bits per heavy atom. The Morgan fingerprint density at radius 3 is 2.36 bits per heavy atom. The Bertz CT molecular complexity index is 1000. The van der Waals surface area contributed by atoms with Crippen molar-refractivity contribution < 1.29 is 22.0 Å². The molecule has 12 heteroatoms. The van der Waals surface area contributed by atoms with Crippen molar-refractivity contribution in [3.8, 4) is 11.5 Å². The smallest absolute Gasteiger partial charge is 0.368 e. The molecule has 0 spiro atoms. The summed E-state index contributed by atoms with van der Waals surface area (Å²) < 4.78 is 65.3. The van der Waals surface area contributed by atoms with Gasteiger partial charge in [0.1, 0.15) is 17.1 Å². The maximum absolute atomic E-state index is 13.5. The molecular weight excluding hydrogens is 385 g/mol. The first-order valence-corrected chi connectivity index (χ1v) is 7.70. The molecule has 0 aliphatic rings. The number of nitrogen functional groups attached to an aromatic ring is 1. The second-order valence-electron chi connectivity index (χ2n) is 5.69. The van der Waals surface area contributed by atoms with E-state index >= 15 is 0 Å². The fraction of sp³-hybridized carbons (Fsp3) is 0.188. The molecule has 0 aliphatic heterocycles. The van der Waals surface area contributed by atoms with E-state index in [9.17, 15) is 22.0 Å². The molecule has 146 valence electrons. The first-order chi connectivity index (χ1) is 13.0. The van der Waals surface area contributed by atoms with Crippen molar-refractivity contribution in [2.24, 2.45) is 0 Å². The first-order valence-electron chi connectivity index (χ1n) is 7.70. The van der Waals surface area contributed by atoms with Crippen LogP contribution in [-0.4, -0.2) is 24.9 Å². The molecule has 0 saturated heterocycles. The number of rotatable bonds is 4. The first kappa shape index (κ1) is 19.3. The zero-order chi connectivity index (χ0) is 20.5. The molecule has 0 aromatic carbocycles. The molecule has 0 aliphatic carbocycles. The molecular formula is C16H12F5N7. The van der Waals surface area contributed by atoms with Gasteiger partial charge >= 0.3 is 6.18 Å². The van der Waals surface area contributed by atoms with Gasteiger partial charge < -0.3 is 11.1 Å². The van der Waals surface area contributed by atoms with Gasteiger partial charge in [-0.1, -0.05) is 6.07 Å². The van der Waals surface area contributed by atoms with Crippen molar-refractivity contribution in [2.75, 3.05) is 11.1 Å². The molecule has 3 aromatic heterocycles. The van der Waals surface area contributed by atoms with E-state index in [1.165, 1.54) is 18.2 Å². The van der Waals surface area contributed by atoms with Crippen LogP contribution in [0.4, 0.5) is 39.5 Å². The molecule has 0 fully saturated rings. The van der Waals surface area contributed by atoms with E-state index < -0.39 is 23.5 Å². The summed E-state index contributed by atoms with van der Waals surface area (Å²) in [5.41, 5.74) is 4.00. The van der Waals surface area contributed by atoms with Crippen LogP contribution >= 0.6 is 0 Å². The topological polar surface area (TPSA) is 102 Å². The van der Waals surface area contributed by atoms with Crippen LogP contribution < -0.4 is 11.1 Å². The fourth-order valence-electron chi connectivity index (χ4n) is 2.16. The van der Waals surface area contributed by atoms with E-state index in [0.717, 1.165) is 18.3 Å². The lowest BCUT2D eigenvalue weighted by atomic mass is 10.2. The van der Waals surface area contributed by atoms with Crippen molar-refractivity contribution in [3.05, 3.63) is 47.9 Å². The minimum Gasteiger partial charge on any atom is -0.368 e. The highest BCUT2D eigenvalue weighted by atomic mass is 19.4. The van der Waals surface area contributed by atoms with Crippen LogP contribution in [0, 0.1) is 0 Å². The molecule has 0 amide bonds. The number of anilines is 3.